The molecule has 0 fully saturated rings. The van der Waals surface area contributed by atoms with Gasteiger partial charge in [-0.2, -0.15) is 4.52 Å². The van der Waals surface area contributed by atoms with Gasteiger partial charge in [-0.3, -0.25) is 0 Å². The third-order valence-corrected chi connectivity index (χ3v) is 5.98. The molecule has 27 heavy (non-hydrogen) atoms. The lowest BCUT2D eigenvalue weighted by atomic mass is 10.3. The van der Waals surface area contributed by atoms with E-state index in [0.29, 0.717) is 16.5 Å². The molecule has 138 valence electrons. The van der Waals surface area contributed by atoms with Crippen LogP contribution in [0.4, 0.5) is 11.6 Å². The van der Waals surface area contributed by atoms with E-state index in [-0.39, 0.29) is 27.1 Å². The average Bonchev–Trinajstić information content (AvgIpc) is 3.29. The van der Waals surface area contributed by atoms with E-state index in [1.807, 2.05) is 0 Å². The van der Waals surface area contributed by atoms with Crippen LogP contribution in [0.2, 0.25) is 5.02 Å². The number of benzene rings is 1. The maximum absolute atomic E-state index is 13.3. The van der Waals surface area contributed by atoms with Crippen LogP contribution in [0.15, 0.2) is 62.9 Å². The molecule has 10 heteroatoms. The lowest BCUT2D eigenvalue weighted by Gasteiger charge is -2.06. The van der Waals surface area contributed by atoms with Crippen LogP contribution in [0.25, 0.3) is 17.1 Å². The minimum absolute atomic E-state index is 0.0326. The van der Waals surface area contributed by atoms with Gasteiger partial charge in [0, 0.05) is 18.1 Å². The van der Waals surface area contributed by atoms with Crippen molar-refractivity contribution < 1.29 is 12.8 Å². The Balaban J connectivity index is 2.04. The van der Waals surface area contributed by atoms with Crippen molar-refractivity contribution in [1.82, 2.24) is 14.6 Å². The summed E-state index contributed by atoms with van der Waals surface area (Å²) in [6.07, 6.45) is 1.50. The number of nitrogen functional groups attached to an aromatic ring is 1. The predicted octanol–water partition coefficient (Wildman–Crippen LogP) is 3.10. The highest BCUT2D eigenvalue weighted by molar-refractivity contribution is 7.91. The molecule has 3 N–H and O–H groups in total. The van der Waals surface area contributed by atoms with Crippen molar-refractivity contribution in [2.75, 3.05) is 18.1 Å². The number of fused-ring (bicyclic) bond motifs is 1. The Labute approximate surface area is 159 Å². The Hall–Kier alpha value is -3.04. The Kier molecular flexibility index (Phi) is 4.05. The lowest BCUT2D eigenvalue weighted by molar-refractivity contribution is 0.580. The van der Waals surface area contributed by atoms with E-state index >= 15 is 0 Å². The smallest absolute Gasteiger partial charge is 0.214 e. The molecule has 0 bridgehead atoms. The summed E-state index contributed by atoms with van der Waals surface area (Å²) in [4.78, 5) is 4.38. The molecule has 0 aliphatic heterocycles. The number of nitrogens with zero attached hydrogens (tertiary/aromatic N) is 3. The van der Waals surface area contributed by atoms with Crippen molar-refractivity contribution in [3.63, 3.8) is 0 Å². The number of aromatic nitrogens is 3. The van der Waals surface area contributed by atoms with Gasteiger partial charge in [0.15, 0.2) is 22.1 Å². The quantitative estimate of drug-likeness (QED) is 0.537. The van der Waals surface area contributed by atoms with Crippen LogP contribution >= 0.6 is 11.6 Å². The fourth-order valence-corrected chi connectivity index (χ4v) is 4.53. The van der Waals surface area contributed by atoms with Crippen molar-refractivity contribution in [3.05, 3.63) is 53.8 Å². The maximum atomic E-state index is 13.3. The van der Waals surface area contributed by atoms with Gasteiger partial charge in [0.25, 0.3) is 0 Å². The molecule has 0 aliphatic carbocycles. The Morgan fingerprint density at radius 1 is 1.22 bits per heavy atom. The second kappa shape index (κ2) is 6.29. The highest BCUT2D eigenvalue weighted by Crippen LogP contribution is 2.33. The van der Waals surface area contributed by atoms with E-state index in [0.717, 1.165) is 0 Å². The minimum atomic E-state index is -3.97. The van der Waals surface area contributed by atoms with Gasteiger partial charge in [-0.25, -0.2) is 13.4 Å². The first-order valence-electron chi connectivity index (χ1n) is 7.83. The summed E-state index contributed by atoms with van der Waals surface area (Å²) in [5, 5.41) is 7.34. The van der Waals surface area contributed by atoms with E-state index in [9.17, 15) is 8.42 Å². The fraction of sp³-hybridized carbons (Fsp3) is 0.0588. The van der Waals surface area contributed by atoms with Gasteiger partial charge in [0.1, 0.15) is 11.5 Å². The number of hydrogen-bond acceptors (Lipinski definition) is 7. The first kappa shape index (κ1) is 17.4. The molecule has 4 rings (SSSR count). The maximum Gasteiger partial charge on any atom is 0.214 e. The highest BCUT2D eigenvalue weighted by Gasteiger charge is 2.29. The Morgan fingerprint density at radius 3 is 2.70 bits per heavy atom. The van der Waals surface area contributed by atoms with Crippen LogP contribution in [0.1, 0.15) is 0 Å². The number of nitrogens with two attached hydrogens (primary N) is 1. The molecule has 0 atom stereocenters. The zero-order chi connectivity index (χ0) is 19.2. The number of hydrogen-bond donors (Lipinski definition) is 2. The SMILES string of the molecule is CNc1nn2c(N)cc(-c3ccco3)nc2c1S(=O)(=O)c1cccc(Cl)c1. The van der Waals surface area contributed by atoms with Crippen molar-refractivity contribution in [2.45, 2.75) is 9.79 Å². The second-order valence-corrected chi connectivity index (χ2v) is 7.99. The van der Waals surface area contributed by atoms with E-state index < -0.39 is 9.84 Å². The third-order valence-electron chi connectivity index (χ3n) is 3.96. The fourth-order valence-electron chi connectivity index (χ4n) is 2.73. The van der Waals surface area contributed by atoms with Crippen LogP contribution in [0.3, 0.4) is 0 Å². The molecule has 0 aliphatic rings. The molecule has 0 amide bonds. The van der Waals surface area contributed by atoms with Crippen LogP contribution in [-0.4, -0.2) is 30.1 Å². The van der Waals surface area contributed by atoms with Gasteiger partial charge >= 0.3 is 0 Å². The molecular formula is C17H14ClN5O3S. The summed E-state index contributed by atoms with van der Waals surface area (Å²) in [5.74, 6) is 0.809. The number of halogens is 1. The van der Waals surface area contributed by atoms with E-state index in [1.54, 1.807) is 37.4 Å². The van der Waals surface area contributed by atoms with Crippen LogP contribution < -0.4 is 11.1 Å². The van der Waals surface area contributed by atoms with Crippen molar-refractivity contribution in [3.8, 4) is 11.5 Å². The second-order valence-electron chi connectivity index (χ2n) is 5.67. The van der Waals surface area contributed by atoms with Crippen LogP contribution in [-0.2, 0) is 9.84 Å². The molecule has 1 aromatic carbocycles. The van der Waals surface area contributed by atoms with E-state index in [2.05, 4.69) is 15.4 Å². The first-order valence-corrected chi connectivity index (χ1v) is 9.69. The van der Waals surface area contributed by atoms with Crippen molar-refractivity contribution in [2.24, 2.45) is 0 Å². The van der Waals surface area contributed by atoms with Gasteiger partial charge in [0.05, 0.1) is 11.2 Å². The Morgan fingerprint density at radius 2 is 2.04 bits per heavy atom. The number of anilines is 2. The van der Waals surface area contributed by atoms with Gasteiger partial charge in [-0.15, -0.1) is 5.10 Å². The van der Waals surface area contributed by atoms with Crippen LogP contribution in [0.5, 0.6) is 0 Å². The standard InChI is InChI=1S/C17H14ClN5O3S/c1-20-16-15(27(24,25)11-5-2-4-10(18)8-11)17-21-12(13-6-3-7-26-13)9-14(19)23(17)22-16/h2-9H,19H2,1H3,(H,20,22). The lowest BCUT2D eigenvalue weighted by Crippen LogP contribution is -2.06. The van der Waals surface area contributed by atoms with E-state index in [1.165, 1.54) is 22.9 Å². The zero-order valence-corrected chi connectivity index (χ0v) is 15.6. The molecule has 0 spiro atoms. The summed E-state index contributed by atoms with van der Waals surface area (Å²) in [5.41, 5.74) is 6.57. The van der Waals surface area contributed by atoms with Gasteiger partial charge < -0.3 is 15.5 Å². The van der Waals surface area contributed by atoms with E-state index in [4.69, 9.17) is 21.8 Å². The molecular weight excluding hydrogens is 390 g/mol. The zero-order valence-electron chi connectivity index (χ0n) is 14.0. The summed E-state index contributed by atoms with van der Waals surface area (Å²) >= 11 is 5.97. The molecule has 0 unspecified atom stereocenters. The highest BCUT2D eigenvalue weighted by atomic mass is 35.5. The third kappa shape index (κ3) is 2.81. The summed E-state index contributed by atoms with van der Waals surface area (Å²) in [7, 11) is -2.40. The predicted molar refractivity (Wildman–Crippen MR) is 102 cm³/mol. The minimum Gasteiger partial charge on any atom is -0.463 e. The van der Waals surface area contributed by atoms with Crippen molar-refractivity contribution >= 4 is 38.7 Å². The normalized spacial score (nSPS) is 11.8. The topological polar surface area (TPSA) is 116 Å². The van der Waals surface area contributed by atoms with Crippen molar-refractivity contribution in [1.29, 1.82) is 0 Å². The molecule has 0 saturated carbocycles. The molecule has 8 nitrogen and oxygen atoms in total. The molecule has 0 saturated heterocycles. The summed E-state index contributed by atoms with van der Waals surface area (Å²) in [6, 6.07) is 11.0. The number of furan rings is 1. The molecule has 0 radical (unpaired) electrons. The molecule has 3 heterocycles. The first-order chi connectivity index (χ1) is 12.9. The van der Waals surface area contributed by atoms with Gasteiger partial charge in [-0.1, -0.05) is 17.7 Å². The summed E-state index contributed by atoms with van der Waals surface area (Å²) in [6.45, 7) is 0. The molecule has 4 aromatic rings. The average molecular weight is 404 g/mol. The van der Waals surface area contributed by atoms with Gasteiger partial charge in [0.2, 0.25) is 9.84 Å². The molecule has 3 aromatic heterocycles. The number of rotatable bonds is 4. The largest absolute Gasteiger partial charge is 0.463 e. The van der Waals surface area contributed by atoms with Gasteiger partial charge in [-0.05, 0) is 30.3 Å². The number of sulfone groups is 1. The number of nitrogens with one attached hydrogen (secondary N) is 1. The summed E-state index contributed by atoms with van der Waals surface area (Å²) < 4.78 is 33.2. The van der Waals surface area contributed by atoms with Crippen LogP contribution in [0, 0.1) is 0 Å². The monoisotopic (exact) mass is 403 g/mol. The Bertz CT molecular complexity index is 1250.